The Labute approximate surface area is 193 Å². The molecule has 0 saturated carbocycles. The lowest BCUT2D eigenvalue weighted by Crippen LogP contribution is -2.22. The smallest absolute Gasteiger partial charge is 0.340 e. The van der Waals surface area contributed by atoms with Gasteiger partial charge in [0.25, 0.3) is 5.91 Å². The highest BCUT2D eigenvalue weighted by Crippen LogP contribution is 2.26. The molecule has 0 bridgehead atoms. The van der Waals surface area contributed by atoms with Gasteiger partial charge >= 0.3 is 5.97 Å². The van der Waals surface area contributed by atoms with Gasteiger partial charge in [0.05, 0.1) is 22.6 Å². The van der Waals surface area contributed by atoms with Crippen LogP contribution >= 0.6 is 11.6 Å². The minimum atomic E-state index is -0.748. The highest BCUT2D eigenvalue weighted by atomic mass is 35.5. The maximum absolute atomic E-state index is 12.8. The van der Waals surface area contributed by atoms with Crippen LogP contribution in [0, 0.1) is 0 Å². The van der Waals surface area contributed by atoms with Gasteiger partial charge in [-0.2, -0.15) is 5.10 Å². The number of esters is 1. The van der Waals surface area contributed by atoms with Gasteiger partial charge in [-0.15, -0.1) is 0 Å². The van der Waals surface area contributed by atoms with E-state index in [4.69, 9.17) is 16.3 Å². The van der Waals surface area contributed by atoms with Crippen LogP contribution in [-0.2, 0) is 14.3 Å². The number of rotatable bonds is 6. The number of carbonyl (C=O) groups excluding carboxylic acids is 3. The van der Waals surface area contributed by atoms with Gasteiger partial charge in [0.15, 0.2) is 6.61 Å². The molecule has 0 aliphatic carbocycles. The Kier molecular flexibility index (Phi) is 6.32. The number of ether oxygens (including phenoxy) is 1. The Morgan fingerprint density at radius 1 is 1.00 bits per heavy atom. The number of hydrogen-bond donors (Lipinski definition) is 2. The molecule has 33 heavy (non-hydrogen) atoms. The topological polar surface area (TPSA) is 115 Å². The van der Waals surface area contributed by atoms with Crippen LogP contribution in [0.4, 0.5) is 11.4 Å². The molecule has 0 fully saturated rings. The van der Waals surface area contributed by atoms with Crippen LogP contribution in [0.2, 0.25) is 5.02 Å². The lowest BCUT2D eigenvalue weighted by atomic mass is 10.0. The Bertz CT molecular complexity index is 1350. The maximum Gasteiger partial charge on any atom is 0.340 e. The number of anilines is 2. The summed E-state index contributed by atoms with van der Waals surface area (Å²) in [6.45, 7) is 0.796. The molecule has 2 N–H and O–H groups in total. The molecule has 0 radical (unpaired) electrons. The van der Waals surface area contributed by atoms with Crippen molar-refractivity contribution >= 4 is 51.5 Å². The van der Waals surface area contributed by atoms with E-state index in [1.54, 1.807) is 30.3 Å². The number of nitrogens with zero attached hydrogens (tertiary/aromatic N) is 3. The lowest BCUT2D eigenvalue weighted by Gasteiger charge is -2.13. The molecule has 0 aliphatic rings. The molecule has 2 amide bonds. The molecule has 1 aromatic heterocycles. The summed E-state index contributed by atoms with van der Waals surface area (Å²) in [5, 5.41) is 11.4. The number of amides is 2. The quantitative estimate of drug-likeness (QED) is 0.420. The van der Waals surface area contributed by atoms with E-state index in [9.17, 15) is 14.4 Å². The average molecular weight is 464 g/mol. The summed E-state index contributed by atoms with van der Waals surface area (Å²) in [5.74, 6) is -1.66. The second kappa shape index (κ2) is 9.49. The molecule has 0 unspecified atom stereocenters. The van der Waals surface area contributed by atoms with E-state index >= 15 is 0 Å². The zero-order valence-corrected chi connectivity index (χ0v) is 18.2. The Hall–Kier alpha value is -4.24. The van der Waals surface area contributed by atoms with Crippen LogP contribution in [0.15, 0.2) is 67.3 Å². The van der Waals surface area contributed by atoms with Crippen molar-refractivity contribution in [2.45, 2.75) is 6.92 Å². The standard InChI is InChI=1S/C23H18ClN5O4/c1-14(30)27-19-9-16-5-3-2-4-15(16)8-18(19)23(32)33-11-22(31)28-20-10-17(24)6-7-21(20)29-13-25-12-26-29/h2-10,12-13H,11H2,1H3,(H,27,30)(H,28,31). The second-order valence-electron chi connectivity index (χ2n) is 7.05. The number of benzene rings is 3. The van der Waals surface area contributed by atoms with Gasteiger partial charge in [0, 0.05) is 11.9 Å². The molecule has 4 aromatic rings. The largest absolute Gasteiger partial charge is 0.452 e. The molecule has 3 aromatic carbocycles. The van der Waals surface area contributed by atoms with Crippen molar-refractivity contribution in [1.29, 1.82) is 0 Å². The second-order valence-corrected chi connectivity index (χ2v) is 7.49. The molecule has 0 spiro atoms. The molecule has 4 rings (SSSR count). The van der Waals surface area contributed by atoms with Crippen molar-refractivity contribution in [3.8, 4) is 5.69 Å². The van der Waals surface area contributed by atoms with Crippen molar-refractivity contribution in [2.75, 3.05) is 17.2 Å². The summed E-state index contributed by atoms with van der Waals surface area (Å²) in [6.07, 6.45) is 2.83. The van der Waals surface area contributed by atoms with Crippen molar-refractivity contribution in [3.05, 3.63) is 77.8 Å². The molecular weight excluding hydrogens is 446 g/mol. The molecule has 0 atom stereocenters. The zero-order chi connectivity index (χ0) is 23.4. The van der Waals surface area contributed by atoms with Gasteiger partial charge < -0.3 is 15.4 Å². The van der Waals surface area contributed by atoms with Crippen LogP contribution < -0.4 is 10.6 Å². The van der Waals surface area contributed by atoms with E-state index in [1.165, 1.54) is 24.3 Å². The zero-order valence-electron chi connectivity index (χ0n) is 17.4. The summed E-state index contributed by atoms with van der Waals surface area (Å²) in [7, 11) is 0. The van der Waals surface area contributed by atoms with Crippen molar-refractivity contribution in [2.24, 2.45) is 0 Å². The fourth-order valence-electron chi connectivity index (χ4n) is 3.24. The van der Waals surface area contributed by atoms with E-state index in [1.807, 2.05) is 24.3 Å². The third kappa shape index (κ3) is 5.16. The number of halogens is 1. The van der Waals surface area contributed by atoms with E-state index in [0.29, 0.717) is 22.1 Å². The number of hydrogen-bond acceptors (Lipinski definition) is 6. The first-order valence-electron chi connectivity index (χ1n) is 9.82. The molecule has 9 nitrogen and oxygen atoms in total. The van der Waals surface area contributed by atoms with E-state index in [0.717, 1.165) is 10.8 Å². The minimum absolute atomic E-state index is 0.141. The van der Waals surface area contributed by atoms with Crippen LogP contribution in [0.3, 0.4) is 0 Å². The average Bonchev–Trinajstić information content (AvgIpc) is 3.31. The first kappa shape index (κ1) is 22.0. The number of nitrogens with one attached hydrogen (secondary N) is 2. The van der Waals surface area contributed by atoms with Gasteiger partial charge in [-0.1, -0.05) is 35.9 Å². The van der Waals surface area contributed by atoms with Crippen LogP contribution in [0.25, 0.3) is 16.5 Å². The maximum atomic E-state index is 12.8. The predicted molar refractivity (Wildman–Crippen MR) is 124 cm³/mol. The van der Waals surface area contributed by atoms with Crippen molar-refractivity contribution in [3.63, 3.8) is 0 Å². The lowest BCUT2D eigenvalue weighted by molar-refractivity contribution is -0.119. The Morgan fingerprint density at radius 2 is 1.76 bits per heavy atom. The summed E-state index contributed by atoms with van der Waals surface area (Å²) in [4.78, 5) is 40.8. The predicted octanol–water partition coefficient (Wildman–Crippen LogP) is 3.83. The summed E-state index contributed by atoms with van der Waals surface area (Å²) >= 11 is 6.06. The monoisotopic (exact) mass is 463 g/mol. The third-order valence-electron chi connectivity index (χ3n) is 4.65. The first-order chi connectivity index (χ1) is 15.9. The van der Waals surface area contributed by atoms with Crippen LogP contribution in [-0.4, -0.2) is 39.2 Å². The fourth-order valence-corrected chi connectivity index (χ4v) is 3.41. The SMILES string of the molecule is CC(=O)Nc1cc2ccccc2cc1C(=O)OCC(=O)Nc1cc(Cl)ccc1-n1cncn1. The molecule has 0 aliphatic heterocycles. The number of aromatic nitrogens is 3. The Morgan fingerprint density at radius 3 is 2.45 bits per heavy atom. The number of carbonyl (C=O) groups is 3. The summed E-state index contributed by atoms with van der Waals surface area (Å²) < 4.78 is 6.69. The summed E-state index contributed by atoms with van der Waals surface area (Å²) in [6, 6.07) is 15.6. The highest BCUT2D eigenvalue weighted by molar-refractivity contribution is 6.31. The minimum Gasteiger partial charge on any atom is -0.452 e. The van der Waals surface area contributed by atoms with E-state index in [2.05, 4.69) is 20.7 Å². The normalized spacial score (nSPS) is 10.6. The van der Waals surface area contributed by atoms with E-state index in [-0.39, 0.29) is 11.5 Å². The van der Waals surface area contributed by atoms with Gasteiger partial charge in [-0.25, -0.2) is 14.5 Å². The highest BCUT2D eigenvalue weighted by Gasteiger charge is 2.18. The Balaban J connectivity index is 1.51. The van der Waals surface area contributed by atoms with Crippen LogP contribution in [0.1, 0.15) is 17.3 Å². The van der Waals surface area contributed by atoms with Gasteiger partial charge in [0.2, 0.25) is 5.91 Å². The van der Waals surface area contributed by atoms with Crippen molar-refractivity contribution in [1.82, 2.24) is 14.8 Å². The third-order valence-corrected chi connectivity index (χ3v) is 4.88. The fraction of sp³-hybridized carbons (Fsp3) is 0.0870. The van der Waals surface area contributed by atoms with E-state index < -0.39 is 18.5 Å². The van der Waals surface area contributed by atoms with Gasteiger partial charge in [-0.3, -0.25) is 9.59 Å². The first-order valence-corrected chi connectivity index (χ1v) is 10.2. The molecule has 1 heterocycles. The van der Waals surface area contributed by atoms with Gasteiger partial charge in [-0.05, 0) is 41.1 Å². The molecular formula is C23H18ClN5O4. The molecule has 10 heteroatoms. The van der Waals surface area contributed by atoms with Crippen molar-refractivity contribution < 1.29 is 19.1 Å². The summed E-state index contributed by atoms with van der Waals surface area (Å²) in [5.41, 5.74) is 1.36. The van der Waals surface area contributed by atoms with Crippen LogP contribution in [0.5, 0.6) is 0 Å². The number of fused-ring (bicyclic) bond motifs is 1. The van der Waals surface area contributed by atoms with Gasteiger partial charge in [0.1, 0.15) is 12.7 Å². The molecule has 0 saturated heterocycles. The molecule has 166 valence electrons.